The predicted octanol–water partition coefficient (Wildman–Crippen LogP) is 3.24. The summed E-state index contributed by atoms with van der Waals surface area (Å²) in [5.74, 6) is 0.645. The van der Waals surface area contributed by atoms with Gasteiger partial charge in [0.2, 0.25) is 0 Å². The van der Waals surface area contributed by atoms with Gasteiger partial charge in [-0.05, 0) is 30.3 Å². The number of rotatable bonds is 1. The van der Waals surface area contributed by atoms with E-state index in [9.17, 15) is 0 Å². The lowest BCUT2D eigenvalue weighted by molar-refractivity contribution is 0.448. The van der Waals surface area contributed by atoms with Gasteiger partial charge in [0.15, 0.2) is 5.15 Å². The summed E-state index contributed by atoms with van der Waals surface area (Å²) in [4.78, 5) is 1.20. The van der Waals surface area contributed by atoms with Crippen LogP contribution in [0.4, 0.5) is 0 Å². The van der Waals surface area contributed by atoms with Gasteiger partial charge in [-0.3, -0.25) is 0 Å². The van der Waals surface area contributed by atoms with Gasteiger partial charge in [-0.15, -0.1) is 5.10 Å². The van der Waals surface area contributed by atoms with Crippen LogP contribution in [0.15, 0.2) is 0 Å². The first-order valence-corrected chi connectivity index (χ1v) is 5.51. The number of halogens is 1. The van der Waals surface area contributed by atoms with E-state index in [0.717, 1.165) is 0 Å². The Hall–Kier alpha value is -0.150. The molecule has 1 aromatic rings. The lowest BCUT2D eigenvalue weighted by Crippen LogP contribution is -2.02. The second-order valence-corrected chi connectivity index (χ2v) is 4.41. The van der Waals surface area contributed by atoms with Crippen molar-refractivity contribution in [3.05, 3.63) is 10.0 Å². The summed E-state index contributed by atoms with van der Waals surface area (Å²) < 4.78 is 3.86. The van der Waals surface area contributed by atoms with E-state index < -0.39 is 0 Å². The molecule has 1 fully saturated rings. The molecule has 2 nitrogen and oxygen atoms in total. The molecule has 1 aliphatic rings. The highest BCUT2D eigenvalue weighted by Gasteiger charge is 2.20. The Morgan fingerprint density at radius 3 is 2.58 bits per heavy atom. The molecule has 1 saturated carbocycles. The first-order chi connectivity index (χ1) is 5.88. The Labute approximate surface area is 81.1 Å². The highest BCUT2D eigenvalue weighted by atomic mass is 35.5. The Bertz CT molecular complexity index is 255. The number of hydrogen-bond acceptors (Lipinski definition) is 3. The van der Waals surface area contributed by atoms with Crippen molar-refractivity contribution in [2.24, 2.45) is 0 Å². The lowest BCUT2D eigenvalue weighted by atomic mass is 9.88. The molecular formula is C8H11ClN2S. The summed E-state index contributed by atoms with van der Waals surface area (Å²) in [6, 6.07) is 0. The summed E-state index contributed by atoms with van der Waals surface area (Å²) in [7, 11) is 0. The number of nitrogens with zero attached hydrogens (tertiary/aromatic N) is 2. The fourth-order valence-corrected chi connectivity index (χ4v) is 2.85. The second-order valence-electron chi connectivity index (χ2n) is 3.26. The lowest BCUT2D eigenvalue weighted by Gasteiger charge is -2.19. The van der Waals surface area contributed by atoms with Crippen LogP contribution < -0.4 is 0 Å². The van der Waals surface area contributed by atoms with Gasteiger partial charge in [-0.2, -0.15) is 0 Å². The monoisotopic (exact) mass is 202 g/mol. The molecule has 0 saturated heterocycles. The Kier molecular flexibility index (Phi) is 2.61. The van der Waals surface area contributed by atoms with Crippen LogP contribution in [0, 0.1) is 0 Å². The van der Waals surface area contributed by atoms with Crippen LogP contribution in [-0.4, -0.2) is 9.59 Å². The highest BCUT2D eigenvalue weighted by Crippen LogP contribution is 2.37. The van der Waals surface area contributed by atoms with E-state index in [-0.39, 0.29) is 0 Å². The minimum atomic E-state index is 0.631. The smallest absolute Gasteiger partial charge is 0.126 e. The maximum Gasteiger partial charge on any atom is 0.167 e. The first kappa shape index (κ1) is 8.45. The van der Waals surface area contributed by atoms with Gasteiger partial charge in [-0.25, -0.2) is 0 Å². The third kappa shape index (κ3) is 1.62. The highest BCUT2D eigenvalue weighted by molar-refractivity contribution is 7.06. The van der Waals surface area contributed by atoms with Gasteiger partial charge in [0.1, 0.15) is 0 Å². The van der Waals surface area contributed by atoms with Crippen LogP contribution in [-0.2, 0) is 0 Å². The van der Waals surface area contributed by atoms with Gasteiger partial charge >= 0.3 is 0 Å². The number of hydrogen-bond donors (Lipinski definition) is 0. The van der Waals surface area contributed by atoms with Gasteiger partial charge in [-0.1, -0.05) is 35.4 Å². The van der Waals surface area contributed by atoms with E-state index >= 15 is 0 Å². The normalized spacial score (nSPS) is 19.8. The van der Waals surface area contributed by atoms with Crippen molar-refractivity contribution in [2.75, 3.05) is 0 Å². The van der Waals surface area contributed by atoms with Crippen molar-refractivity contribution < 1.29 is 0 Å². The van der Waals surface area contributed by atoms with E-state index in [2.05, 4.69) is 9.59 Å². The molecule has 0 aromatic carbocycles. The average molecular weight is 203 g/mol. The first-order valence-electron chi connectivity index (χ1n) is 4.35. The van der Waals surface area contributed by atoms with Crippen molar-refractivity contribution in [1.82, 2.24) is 9.59 Å². The molecule has 0 N–H and O–H groups in total. The quantitative estimate of drug-likeness (QED) is 0.699. The van der Waals surface area contributed by atoms with Crippen LogP contribution in [0.25, 0.3) is 0 Å². The standard InChI is InChI=1S/C8H11ClN2S/c9-8-7(12-11-10-8)6-4-2-1-3-5-6/h6H,1-5H2. The fourth-order valence-electron chi connectivity index (χ4n) is 1.79. The van der Waals surface area contributed by atoms with Gasteiger partial charge in [0.25, 0.3) is 0 Å². The van der Waals surface area contributed by atoms with Crippen LogP contribution >= 0.6 is 23.1 Å². The maximum absolute atomic E-state index is 5.91. The third-order valence-electron chi connectivity index (χ3n) is 2.45. The van der Waals surface area contributed by atoms with Crippen molar-refractivity contribution >= 4 is 23.1 Å². The molecular weight excluding hydrogens is 192 g/mol. The molecule has 0 unspecified atom stereocenters. The molecule has 66 valence electrons. The zero-order valence-corrected chi connectivity index (χ0v) is 8.37. The summed E-state index contributed by atoms with van der Waals surface area (Å²) in [5.41, 5.74) is 0. The molecule has 4 heteroatoms. The minimum absolute atomic E-state index is 0.631. The topological polar surface area (TPSA) is 25.8 Å². The molecule has 0 aliphatic heterocycles. The molecule has 0 bridgehead atoms. The van der Waals surface area contributed by atoms with Gasteiger partial charge < -0.3 is 0 Å². The second kappa shape index (κ2) is 3.71. The van der Waals surface area contributed by atoms with Crippen LogP contribution in [0.3, 0.4) is 0 Å². The Morgan fingerprint density at radius 1 is 1.25 bits per heavy atom. The van der Waals surface area contributed by atoms with E-state index in [0.29, 0.717) is 11.1 Å². The van der Waals surface area contributed by atoms with E-state index in [1.165, 1.54) is 48.5 Å². The molecule has 0 amide bonds. The molecule has 0 radical (unpaired) electrons. The van der Waals surface area contributed by atoms with Gasteiger partial charge in [0, 0.05) is 0 Å². The number of aromatic nitrogens is 2. The average Bonchev–Trinajstić information content (AvgIpc) is 2.53. The van der Waals surface area contributed by atoms with Gasteiger partial charge in [0.05, 0.1) is 4.88 Å². The zero-order chi connectivity index (χ0) is 8.39. The fraction of sp³-hybridized carbons (Fsp3) is 0.750. The van der Waals surface area contributed by atoms with E-state index in [4.69, 9.17) is 11.6 Å². The SMILES string of the molecule is Clc1nnsc1C1CCCCC1. The molecule has 1 aliphatic carbocycles. The predicted molar refractivity (Wildman–Crippen MR) is 50.7 cm³/mol. The summed E-state index contributed by atoms with van der Waals surface area (Å²) in [6.07, 6.45) is 6.57. The molecule has 0 atom stereocenters. The van der Waals surface area contributed by atoms with E-state index in [1.54, 1.807) is 0 Å². The summed E-state index contributed by atoms with van der Waals surface area (Å²) in [6.45, 7) is 0. The summed E-state index contributed by atoms with van der Waals surface area (Å²) >= 11 is 7.37. The largest absolute Gasteiger partial charge is 0.167 e. The molecule has 1 heterocycles. The third-order valence-corrected chi connectivity index (χ3v) is 3.73. The maximum atomic E-state index is 5.91. The van der Waals surface area contributed by atoms with E-state index in [1.807, 2.05) is 0 Å². The Balaban J connectivity index is 2.13. The minimum Gasteiger partial charge on any atom is -0.126 e. The van der Waals surface area contributed by atoms with Crippen molar-refractivity contribution in [3.8, 4) is 0 Å². The molecule has 12 heavy (non-hydrogen) atoms. The van der Waals surface area contributed by atoms with Crippen LogP contribution in [0.1, 0.15) is 42.9 Å². The van der Waals surface area contributed by atoms with Crippen LogP contribution in [0.5, 0.6) is 0 Å². The van der Waals surface area contributed by atoms with Crippen molar-refractivity contribution in [3.63, 3.8) is 0 Å². The van der Waals surface area contributed by atoms with Crippen molar-refractivity contribution in [1.29, 1.82) is 0 Å². The molecule has 1 aromatic heterocycles. The Morgan fingerprint density at radius 2 is 2.00 bits per heavy atom. The van der Waals surface area contributed by atoms with Crippen molar-refractivity contribution in [2.45, 2.75) is 38.0 Å². The molecule has 2 rings (SSSR count). The van der Waals surface area contributed by atoms with Crippen LogP contribution in [0.2, 0.25) is 5.15 Å². The zero-order valence-electron chi connectivity index (χ0n) is 6.79. The summed E-state index contributed by atoms with van der Waals surface area (Å²) in [5, 5.41) is 4.46. The molecule has 0 spiro atoms.